The lowest BCUT2D eigenvalue weighted by Crippen LogP contribution is -1.99. The fraction of sp³-hybridized carbons (Fsp3) is 0.333. The smallest absolute Gasteiger partial charge is 0.337 e. The van der Waals surface area contributed by atoms with Crippen molar-refractivity contribution in [2.75, 3.05) is 14.2 Å². The van der Waals surface area contributed by atoms with Gasteiger partial charge in [0.15, 0.2) is 0 Å². The molecule has 0 N–H and O–H groups in total. The van der Waals surface area contributed by atoms with Crippen molar-refractivity contribution in [1.82, 2.24) is 10.2 Å². The molecule has 13 heavy (non-hydrogen) atoms. The van der Waals surface area contributed by atoms with Gasteiger partial charge in [-0.15, -0.1) is 10.2 Å². The highest BCUT2D eigenvalue weighted by Gasteiger charge is 2.18. The lowest BCUT2D eigenvalue weighted by molar-refractivity contribution is -0.386. The average Bonchev–Trinajstić information content (AvgIpc) is 2.16. The largest absolute Gasteiger partial charge is 0.480 e. The topological polar surface area (TPSA) is 87.4 Å². The van der Waals surface area contributed by atoms with E-state index in [0.29, 0.717) is 0 Å². The van der Waals surface area contributed by atoms with Crippen LogP contribution in [0.2, 0.25) is 0 Å². The number of rotatable bonds is 3. The lowest BCUT2D eigenvalue weighted by atomic mass is 10.4. The van der Waals surface area contributed by atoms with Crippen LogP contribution in [0, 0.1) is 10.1 Å². The van der Waals surface area contributed by atoms with Crippen LogP contribution in [0.25, 0.3) is 0 Å². The Morgan fingerprint density at radius 1 is 1.38 bits per heavy atom. The summed E-state index contributed by atoms with van der Waals surface area (Å²) in [6.07, 6.45) is 0. The number of ether oxygens (including phenoxy) is 2. The van der Waals surface area contributed by atoms with Gasteiger partial charge < -0.3 is 9.47 Å². The molecule has 1 rings (SSSR count). The first-order valence-electron chi connectivity index (χ1n) is 3.29. The fourth-order valence-corrected chi connectivity index (χ4v) is 0.729. The first kappa shape index (κ1) is 9.17. The molecule has 0 fully saturated rings. The van der Waals surface area contributed by atoms with Gasteiger partial charge in [-0.05, 0) is 0 Å². The molecule has 0 aliphatic heterocycles. The highest BCUT2D eigenvalue weighted by Crippen LogP contribution is 2.25. The minimum absolute atomic E-state index is 0.0764. The normalized spacial score (nSPS) is 9.38. The minimum Gasteiger partial charge on any atom is -0.480 e. The van der Waals surface area contributed by atoms with E-state index in [1.807, 2.05) is 0 Å². The summed E-state index contributed by atoms with van der Waals surface area (Å²) in [5.74, 6) is -0.0571. The molecule has 0 radical (unpaired) electrons. The molecule has 1 heterocycles. The number of nitrogens with zero attached hydrogens (tertiary/aromatic N) is 3. The molecule has 0 spiro atoms. The Kier molecular flexibility index (Phi) is 2.58. The van der Waals surface area contributed by atoms with Crippen molar-refractivity contribution in [3.05, 3.63) is 16.2 Å². The van der Waals surface area contributed by atoms with E-state index in [9.17, 15) is 10.1 Å². The lowest BCUT2D eigenvalue weighted by Gasteiger charge is -2.00. The standard InChI is InChI=1S/C6H7N3O4/c1-12-5-3-4(9(10)11)6(13-2)8-7-5/h3H,1-2H3. The van der Waals surface area contributed by atoms with Gasteiger partial charge >= 0.3 is 11.6 Å². The molecule has 1 aromatic heterocycles. The van der Waals surface area contributed by atoms with E-state index in [4.69, 9.17) is 0 Å². The van der Waals surface area contributed by atoms with Gasteiger partial charge in [0.2, 0.25) is 5.88 Å². The van der Waals surface area contributed by atoms with Crippen molar-refractivity contribution < 1.29 is 14.4 Å². The first-order chi connectivity index (χ1) is 6.19. The summed E-state index contributed by atoms with van der Waals surface area (Å²) in [7, 11) is 2.63. The van der Waals surface area contributed by atoms with Gasteiger partial charge in [0.05, 0.1) is 25.2 Å². The third kappa shape index (κ3) is 1.81. The van der Waals surface area contributed by atoms with E-state index in [0.717, 1.165) is 6.07 Å². The molecule has 1 aromatic rings. The molecule has 0 aliphatic carbocycles. The third-order valence-corrected chi connectivity index (χ3v) is 1.32. The van der Waals surface area contributed by atoms with Crippen molar-refractivity contribution in [3.63, 3.8) is 0 Å². The fourth-order valence-electron chi connectivity index (χ4n) is 0.729. The number of nitro groups is 1. The van der Waals surface area contributed by atoms with Crippen LogP contribution in [0.4, 0.5) is 5.69 Å². The van der Waals surface area contributed by atoms with E-state index in [2.05, 4.69) is 19.7 Å². The van der Waals surface area contributed by atoms with Crippen LogP contribution in [0.15, 0.2) is 6.07 Å². The van der Waals surface area contributed by atoms with Crippen LogP contribution < -0.4 is 9.47 Å². The predicted molar refractivity (Wildman–Crippen MR) is 41.8 cm³/mol. The average molecular weight is 185 g/mol. The Hall–Kier alpha value is -1.92. The summed E-state index contributed by atoms with van der Waals surface area (Å²) >= 11 is 0. The molecule has 7 nitrogen and oxygen atoms in total. The van der Waals surface area contributed by atoms with Gasteiger partial charge in [-0.25, -0.2) is 0 Å². The zero-order valence-corrected chi connectivity index (χ0v) is 7.05. The van der Waals surface area contributed by atoms with E-state index in [1.165, 1.54) is 14.2 Å². The van der Waals surface area contributed by atoms with Crippen LogP contribution in [0.3, 0.4) is 0 Å². The summed E-state index contributed by atoms with van der Waals surface area (Å²) in [6.45, 7) is 0. The van der Waals surface area contributed by atoms with Crippen LogP contribution in [0.5, 0.6) is 11.8 Å². The molecule has 0 saturated heterocycles. The first-order valence-corrected chi connectivity index (χ1v) is 3.29. The molecule has 0 aliphatic rings. The molecule has 7 heteroatoms. The predicted octanol–water partition coefficient (Wildman–Crippen LogP) is 0.402. The Balaban J connectivity index is 3.18. The second kappa shape index (κ2) is 3.65. The number of aromatic nitrogens is 2. The summed E-state index contributed by atoms with van der Waals surface area (Å²) in [5.41, 5.74) is -0.269. The van der Waals surface area contributed by atoms with E-state index in [-0.39, 0.29) is 17.4 Å². The molecule has 0 atom stereocenters. The zero-order valence-electron chi connectivity index (χ0n) is 7.05. The molecular weight excluding hydrogens is 178 g/mol. The Bertz CT molecular complexity index is 328. The van der Waals surface area contributed by atoms with Crippen LogP contribution in [-0.4, -0.2) is 29.3 Å². The summed E-state index contributed by atoms with van der Waals surface area (Å²) < 4.78 is 9.31. The molecule has 70 valence electrons. The monoisotopic (exact) mass is 185 g/mol. The van der Waals surface area contributed by atoms with Gasteiger partial charge in [0, 0.05) is 0 Å². The second-order valence-electron chi connectivity index (χ2n) is 2.04. The maximum atomic E-state index is 10.5. The summed E-state index contributed by atoms with van der Waals surface area (Å²) in [5, 5.41) is 17.4. The van der Waals surface area contributed by atoms with Crippen molar-refractivity contribution in [3.8, 4) is 11.8 Å². The Morgan fingerprint density at radius 2 is 2.08 bits per heavy atom. The summed E-state index contributed by atoms with van der Waals surface area (Å²) in [6, 6.07) is 1.14. The second-order valence-corrected chi connectivity index (χ2v) is 2.04. The van der Waals surface area contributed by atoms with Crippen LogP contribution >= 0.6 is 0 Å². The Labute approximate surface area is 73.4 Å². The maximum absolute atomic E-state index is 10.5. The third-order valence-electron chi connectivity index (χ3n) is 1.32. The SMILES string of the molecule is COc1cc([N+](=O)[O-])c(OC)nn1. The molecule has 0 aromatic carbocycles. The molecule has 0 unspecified atom stereocenters. The van der Waals surface area contributed by atoms with Crippen molar-refractivity contribution in [2.24, 2.45) is 0 Å². The molecule has 0 bridgehead atoms. The number of hydrogen-bond donors (Lipinski definition) is 0. The maximum Gasteiger partial charge on any atom is 0.337 e. The van der Waals surface area contributed by atoms with Gasteiger partial charge in [-0.2, -0.15) is 0 Å². The van der Waals surface area contributed by atoms with E-state index in [1.54, 1.807) is 0 Å². The highest BCUT2D eigenvalue weighted by atomic mass is 16.6. The van der Waals surface area contributed by atoms with Crippen LogP contribution in [0.1, 0.15) is 0 Å². The summed E-state index contributed by atoms with van der Waals surface area (Å²) in [4.78, 5) is 9.84. The van der Waals surface area contributed by atoms with Gasteiger partial charge in [-0.1, -0.05) is 0 Å². The van der Waals surface area contributed by atoms with E-state index < -0.39 is 4.92 Å². The van der Waals surface area contributed by atoms with Gasteiger partial charge in [-0.3, -0.25) is 10.1 Å². The molecule has 0 amide bonds. The van der Waals surface area contributed by atoms with Gasteiger partial charge in [0.25, 0.3) is 0 Å². The highest BCUT2D eigenvalue weighted by molar-refractivity contribution is 5.42. The van der Waals surface area contributed by atoms with Crippen molar-refractivity contribution >= 4 is 5.69 Å². The quantitative estimate of drug-likeness (QED) is 0.500. The zero-order chi connectivity index (χ0) is 9.84. The number of hydrogen-bond acceptors (Lipinski definition) is 6. The number of methoxy groups -OCH3 is 2. The van der Waals surface area contributed by atoms with E-state index >= 15 is 0 Å². The molecular formula is C6H7N3O4. The Morgan fingerprint density at radius 3 is 2.54 bits per heavy atom. The van der Waals surface area contributed by atoms with Gasteiger partial charge in [0.1, 0.15) is 0 Å². The molecule has 0 saturated carbocycles. The minimum atomic E-state index is -0.615. The van der Waals surface area contributed by atoms with Crippen molar-refractivity contribution in [1.29, 1.82) is 0 Å². The van der Waals surface area contributed by atoms with Crippen molar-refractivity contribution in [2.45, 2.75) is 0 Å². The van der Waals surface area contributed by atoms with Crippen LogP contribution in [-0.2, 0) is 0 Å².